The first-order chi connectivity index (χ1) is 13.4. The van der Waals surface area contributed by atoms with Crippen molar-refractivity contribution in [3.05, 3.63) is 91.9 Å². The van der Waals surface area contributed by atoms with Gasteiger partial charge in [0.25, 0.3) is 0 Å². The van der Waals surface area contributed by atoms with Gasteiger partial charge < -0.3 is 9.84 Å². The van der Waals surface area contributed by atoms with Gasteiger partial charge in [0.1, 0.15) is 12.4 Å². The summed E-state index contributed by atoms with van der Waals surface area (Å²) < 4.78 is 7.73. The summed E-state index contributed by atoms with van der Waals surface area (Å²) in [4.78, 5) is 15.6. The summed E-state index contributed by atoms with van der Waals surface area (Å²) in [5.41, 5.74) is 3.94. The van der Waals surface area contributed by atoms with Crippen molar-refractivity contribution in [1.82, 2.24) is 0 Å². The maximum Gasteiger partial charge on any atom is 0.335 e. The molecule has 0 bridgehead atoms. The quantitative estimate of drug-likeness (QED) is 0.389. The zero-order valence-corrected chi connectivity index (χ0v) is 18.2. The van der Waals surface area contributed by atoms with Crippen LogP contribution < -0.4 is 4.74 Å². The van der Waals surface area contributed by atoms with E-state index in [1.54, 1.807) is 30.5 Å². The van der Waals surface area contributed by atoms with E-state index in [0.717, 1.165) is 31.3 Å². The van der Waals surface area contributed by atoms with Crippen LogP contribution in [0.1, 0.15) is 27.0 Å². The van der Waals surface area contributed by atoms with E-state index in [9.17, 15) is 4.79 Å². The summed E-state index contributed by atoms with van der Waals surface area (Å²) in [7, 11) is 0. The molecule has 0 fully saturated rings. The highest BCUT2D eigenvalue weighted by atomic mass is 79.9. The molecule has 1 N–H and O–H groups in total. The maximum atomic E-state index is 11.0. The van der Waals surface area contributed by atoms with E-state index in [1.165, 1.54) is 0 Å². The van der Waals surface area contributed by atoms with Crippen LogP contribution in [-0.2, 0) is 6.61 Å². The van der Waals surface area contributed by atoms with Crippen LogP contribution >= 0.6 is 31.9 Å². The predicted octanol–water partition coefficient (Wildman–Crippen LogP) is 6.55. The summed E-state index contributed by atoms with van der Waals surface area (Å²) in [5.74, 6) is -0.277. The first-order valence-corrected chi connectivity index (χ1v) is 10.1. The number of aromatic carboxylic acids is 1. The molecule has 0 aliphatic heterocycles. The number of ether oxygens (including phenoxy) is 1. The Hall–Kier alpha value is -2.44. The zero-order chi connectivity index (χ0) is 20.1. The lowest BCUT2D eigenvalue weighted by Gasteiger charge is -2.12. The summed E-state index contributed by atoms with van der Waals surface area (Å²) in [6.45, 7) is 2.33. The number of carbonyl (C=O) groups is 1. The van der Waals surface area contributed by atoms with Crippen LogP contribution in [0.5, 0.6) is 5.75 Å². The monoisotopic (exact) mass is 501 g/mol. The predicted molar refractivity (Wildman–Crippen MR) is 118 cm³/mol. The highest BCUT2D eigenvalue weighted by Crippen LogP contribution is 2.33. The molecule has 0 aliphatic carbocycles. The lowest BCUT2D eigenvalue weighted by molar-refractivity contribution is 0.0697. The minimum Gasteiger partial charge on any atom is -0.487 e. The standard InChI is InChI=1S/C22H17Br2NO3/c1-14-4-2-3-5-20(14)25-12-17-10-18(23)11-19(24)21(17)28-13-15-6-8-16(9-7-15)22(26)27/h2-12H,13H2,1H3,(H,26,27). The summed E-state index contributed by atoms with van der Waals surface area (Å²) in [6, 6.07) is 18.4. The van der Waals surface area contributed by atoms with Crippen LogP contribution in [0.25, 0.3) is 0 Å². The van der Waals surface area contributed by atoms with E-state index in [0.29, 0.717) is 12.4 Å². The van der Waals surface area contributed by atoms with Gasteiger partial charge in [0.05, 0.1) is 15.7 Å². The first kappa shape index (κ1) is 20.3. The van der Waals surface area contributed by atoms with Crippen molar-refractivity contribution in [2.24, 2.45) is 4.99 Å². The minimum absolute atomic E-state index is 0.250. The molecule has 3 aromatic carbocycles. The smallest absolute Gasteiger partial charge is 0.335 e. The summed E-state index contributed by atoms with van der Waals surface area (Å²) in [6.07, 6.45) is 1.78. The molecule has 0 amide bonds. The Bertz CT molecular complexity index is 1030. The normalized spacial score (nSPS) is 11.0. The van der Waals surface area contributed by atoms with Crippen molar-refractivity contribution in [3.63, 3.8) is 0 Å². The van der Waals surface area contributed by atoms with E-state index >= 15 is 0 Å². The average molecular weight is 503 g/mol. The second-order valence-electron chi connectivity index (χ2n) is 6.14. The van der Waals surface area contributed by atoms with E-state index in [-0.39, 0.29) is 5.56 Å². The van der Waals surface area contributed by atoms with Crippen molar-refractivity contribution < 1.29 is 14.6 Å². The molecule has 0 unspecified atom stereocenters. The largest absolute Gasteiger partial charge is 0.487 e. The van der Waals surface area contributed by atoms with E-state index in [2.05, 4.69) is 36.9 Å². The summed E-state index contributed by atoms with van der Waals surface area (Å²) in [5, 5.41) is 9.00. The van der Waals surface area contributed by atoms with Gasteiger partial charge in [0.15, 0.2) is 0 Å². The van der Waals surface area contributed by atoms with Crippen LogP contribution in [0.4, 0.5) is 5.69 Å². The lowest BCUT2D eigenvalue weighted by Crippen LogP contribution is -2.01. The van der Waals surface area contributed by atoms with E-state index in [1.807, 2.05) is 43.3 Å². The number of halogens is 2. The van der Waals surface area contributed by atoms with Crippen molar-refractivity contribution in [2.75, 3.05) is 0 Å². The molecule has 0 saturated heterocycles. The number of benzene rings is 3. The number of hydrogen-bond acceptors (Lipinski definition) is 3. The Balaban J connectivity index is 1.84. The van der Waals surface area contributed by atoms with Crippen LogP contribution in [0, 0.1) is 6.92 Å². The lowest BCUT2D eigenvalue weighted by atomic mass is 10.1. The summed E-state index contributed by atoms with van der Waals surface area (Å²) >= 11 is 7.05. The maximum absolute atomic E-state index is 11.0. The molecule has 0 heterocycles. The van der Waals surface area contributed by atoms with Crippen LogP contribution in [-0.4, -0.2) is 17.3 Å². The van der Waals surface area contributed by atoms with Crippen molar-refractivity contribution in [1.29, 1.82) is 0 Å². The number of carboxylic acid groups (broad SMARTS) is 1. The molecule has 3 rings (SSSR count). The van der Waals surface area contributed by atoms with Gasteiger partial charge in [-0.05, 0) is 64.3 Å². The van der Waals surface area contributed by atoms with Gasteiger partial charge in [-0.25, -0.2) is 4.79 Å². The van der Waals surface area contributed by atoms with E-state index < -0.39 is 5.97 Å². The van der Waals surface area contributed by atoms with Crippen molar-refractivity contribution in [2.45, 2.75) is 13.5 Å². The second-order valence-corrected chi connectivity index (χ2v) is 7.91. The van der Waals surface area contributed by atoms with Crippen molar-refractivity contribution >= 4 is 49.7 Å². The van der Waals surface area contributed by atoms with Gasteiger partial charge in [-0.2, -0.15) is 0 Å². The number of aliphatic imine (C=N–C) groups is 1. The number of aryl methyl sites for hydroxylation is 1. The molecule has 4 nitrogen and oxygen atoms in total. The molecule has 0 radical (unpaired) electrons. The van der Waals surface area contributed by atoms with Crippen molar-refractivity contribution in [3.8, 4) is 5.75 Å². The number of carboxylic acids is 1. The van der Waals surface area contributed by atoms with Gasteiger partial charge in [-0.3, -0.25) is 4.99 Å². The van der Waals surface area contributed by atoms with Gasteiger partial charge in [0.2, 0.25) is 0 Å². The fraction of sp³-hybridized carbons (Fsp3) is 0.0909. The molecule has 142 valence electrons. The first-order valence-electron chi connectivity index (χ1n) is 8.48. The second kappa shape index (κ2) is 9.17. The molecule has 0 saturated carbocycles. The molecule has 28 heavy (non-hydrogen) atoms. The molecular formula is C22H17Br2NO3. The fourth-order valence-corrected chi connectivity index (χ4v) is 3.95. The molecule has 0 atom stereocenters. The van der Waals surface area contributed by atoms with Crippen LogP contribution in [0.15, 0.2) is 74.6 Å². The zero-order valence-electron chi connectivity index (χ0n) is 15.0. The minimum atomic E-state index is -0.946. The van der Waals surface area contributed by atoms with Gasteiger partial charge >= 0.3 is 5.97 Å². The fourth-order valence-electron chi connectivity index (χ4n) is 2.57. The Labute approximate surface area is 180 Å². The topological polar surface area (TPSA) is 58.9 Å². The number of rotatable bonds is 6. The van der Waals surface area contributed by atoms with Crippen LogP contribution in [0.2, 0.25) is 0 Å². The highest BCUT2D eigenvalue weighted by Gasteiger charge is 2.10. The molecule has 0 aliphatic rings. The van der Waals surface area contributed by atoms with Gasteiger partial charge in [-0.15, -0.1) is 0 Å². The molecule has 3 aromatic rings. The average Bonchev–Trinajstić information content (AvgIpc) is 2.66. The SMILES string of the molecule is Cc1ccccc1N=Cc1cc(Br)cc(Br)c1OCc1ccc(C(=O)O)cc1. The Morgan fingerprint density at radius 1 is 1.11 bits per heavy atom. The third kappa shape index (κ3) is 5.09. The van der Waals surface area contributed by atoms with E-state index in [4.69, 9.17) is 9.84 Å². The highest BCUT2D eigenvalue weighted by molar-refractivity contribution is 9.11. The molecule has 6 heteroatoms. The molecule has 0 spiro atoms. The van der Waals surface area contributed by atoms with Gasteiger partial charge in [0, 0.05) is 16.3 Å². The Morgan fingerprint density at radius 2 is 1.82 bits per heavy atom. The number of nitrogens with zero attached hydrogens (tertiary/aromatic N) is 1. The third-order valence-electron chi connectivity index (χ3n) is 4.08. The third-order valence-corrected chi connectivity index (χ3v) is 5.13. The molecular weight excluding hydrogens is 486 g/mol. The Kier molecular flexibility index (Phi) is 6.65. The Morgan fingerprint density at radius 3 is 2.50 bits per heavy atom. The van der Waals surface area contributed by atoms with Crippen LogP contribution in [0.3, 0.4) is 0 Å². The number of hydrogen-bond donors (Lipinski definition) is 1. The van der Waals surface area contributed by atoms with Gasteiger partial charge in [-0.1, -0.05) is 46.3 Å². The number of para-hydroxylation sites is 1. The molecule has 0 aromatic heterocycles.